The maximum Gasteiger partial charge on any atom is 0.235 e. The van der Waals surface area contributed by atoms with E-state index < -0.39 is 0 Å². The van der Waals surface area contributed by atoms with Gasteiger partial charge in [0.1, 0.15) is 5.76 Å². The number of thioether (sulfide) groups is 1. The van der Waals surface area contributed by atoms with Crippen molar-refractivity contribution in [3.05, 3.63) is 11.8 Å². The molecule has 0 unspecified atom stereocenters. The molecule has 0 aliphatic carbocycles. The highest BCUT2D eigenvalue weighted by Crippen LogP contribution is 2.24. The molecule has 2 heterocycles. The van der Waals surface area contributed by atoms with E-state index in [-0.39, 0.29) is 17.6 Å². The zero-order valence-electron chi connectivity index (χ0n) is 14.0. The van der Waals surface area contributed by atoms with Gasteiger partial charge in [0.2, 0.25) is 11.8 Å². The highest BCUT2D eigenvalue weighted by Gasteiger charge is 2.28. The lowest BCUT2D eigenvalue weighted by Gasteiger charge is -2.38. The molecular formula is C16H25N3O3S. The topological polar surface area (TPSA) is 75.4 Å². The van der Waals surface area contributed by atoms with Crippen molar-refractivity contribution in [2.45, 2.75) is 46.1 Å². The number of hydrogen-bond donors (Lipinski definition) is 1. The van der Waals surface area contributed by atoms with Crippen LogP contribution in [0.1, 0.15) is 38.9 Å². The van der Waals surface area contributed by atoms with E-state index in [2.05, 4.69) is 24.3 Å². The van der Waals surface area contributed by atoms with Gasteiger partial charge < -0.3 is 14.7 Å². The quantitative estimate of drug-likeness (QED) is 0.862. The third kappa shape index (κ3) is 5.27. The second kappa shape index (κ2) is 8.38. The third-order valence-corrected chi connectivity index (χ3v) is 4.91. The Balaban J connectivity index is 1.74. The smallest absolute Gasteiger partial charge is 0.235 e. The third-order valence-electron chi connectivity index (χ3n) is 3.99. The van der Waals surface area contributed by atoms with Gasteiger partial charge in [-0.15, -0.1) is 11.8 Å². The molecule has 1 aromatic rings. The summed E-state index contributed by atoms with van der Waals surface area (Å²) in [6, 6.07) is 2.00. The van der Waals surface area contributed by atoms with Crippen molar-refractivity contribution in [2.75, 3.05) is 23.4 Å². The predicted octanol–water partition coefficient (Wildman–Crippen LogP) is 2.69. The molecule has 0 saturated carbocycles. The minimum absolute atomic E-state index is 0.137. The lowest BCUT2D eigenvalue weighted by molar-refractivity contribution is -0.133. The molecule has 1 aromatic heterocycles. The maximum atomic E-state index is 12.4. The molecule has 0 aromatic carbocycles. The molecule has 1 N–H and O–H groups in total. The summed E-state index contributed by atoms with van der Waals surface area (Å²) >= 11 is 1.34. The van der Waals surface area contributed by atoms with Crippen LogP contribution in [-0.4, -0.2) is 46.0 Å². The Kier molecular flexibility index (Phi) is 6.50. The van der Waals surface area contributed by atoms with Crippen LogP contribution in [0.3, 0.4) is 0 Å². The van der Waals surface area contributed by atoms with Gasteiger partial charge in [-0.25, -0.2) is 0 Å². The highest BCUT2D eigenvalue weighted by atomic mass is 32.2. The van der Waals surface area contributed by atoms with Crippen LogP contribution in [0.15, 0.2) is 10.6 Å². The van der Waals surface area contributed by atoms with Crippen molar-refractivity contribution in [1.29, 1.82) is 0 Å². The van der Waals surface area contributed by atoms with Crippen LogP contribution in [0, 0.1) is 12.8 Å². The van der Waals surface area contributed by atoms with Crippen LogP contribution in [0.2, 0.25) is 0 Å². The second-order valence-corrected chi connectivity index (χ2v) is 7.24. The largest absolute Gasteiger partial charge is 0.360 e. The van der Waals surface area contributed by atoms with Crippen molar-refractivity contribution in [3.63, 3.8) is 0 Å². The lowest BCUT2D eigenvalue weighted by atomic mass is 9.93. The zero-order chi connectivity index (χ0) is 16.8. The van der Waals surface area contributed by atoms with Crippen molar-refractivity contribution in [2.24, 2.45) is 5.92 Å². The Bertz CT molecular complexity index is 544. The van der Waals surface area contributed by atoms with Gasteiger partial charge in [-0.05, 0) is 32.1 Å². The molecule has 6 nitrogen and oxygen atoms in total. The molecule has 128 valence electrons. The number of carbonyl (C=O) groups excluding carboxylic acids is 2. The first kappa shape index (κ1) is 17.8. The SMILES string of the molecule is Cc1cc(NC(=O)CSCC(=O)N2CCCC[C@@H]2C(C)C)no1. The summed E-state index contributed by atoms with van der Waals surface area (Å²) in [7, 11) is 0. The predicted molar refractivity (Wildman–Crippen MR) is 91.4 cm³/mol. The summed E-state index contributed by atoms with van der Waals surface area (Å²) in [5.74, 6) is 2.08. The van der Waals surface area contributed by atoms with Gasteiger partial charge in [0.05, 0.1) is 11.5 Å². The standard InChI is InChI=1S/C16H25N3O3S/c1-11(2)13-6-4-5-7-19(13)16(21)10-23-9-15(20)17-14-8-12(3)22-18-14/h8,11,13H,4-7,9-10H2,1-3H3,(H,17,18,20)/t13-/m1/s1. The molecule has 7 heteroatoms. The molecule has 23 heavy (non-hydrogen) atoms. The van der Waals surface area contributed by atoms with E-state index in [9.17, 15) is 9.59 Å². The number of nitrogens with zero attached hydrogens (tertiary/aromatic N) is 2. The van der Waals surface area contributed by atoms with Crippen molar-refractivity contribution >= 4 is 29.4 Å². The number of piperidine rings is 1. The van der Waals surface area contributed by atoms with Gasteiger partial charge in [-0.1, -0.05) is 19.0 Å². The Labute approximate surface area is 141 Å². The van der Waals surface area contributed by atoms with Crippen LogP contribution in [0.5, 0.6) is 0 Å². The normalized spacial score (nSPS) is 18.3. The van der Waals surface area contributed by atoms with Gasteiger partial charge >= 0.3 is 0 Å². The van der Waals surface area contributed by atoms with Gasteiger partial charge in [-0.3, -0.25) is 9.59 Å². The molecule has 0 spiro atoms. The number of amides is 2. The molecule has 0 radical (unpaired) electrons. The van der Waals surface area contributed by atoms with E-state index in [0.29, 0.717) is 29.3 Å². The molecule has 1 fully saturated rings. The monoisotopic (exact) mass is 339 g/mol. The molecule has 1 aliphatic heterocycles. The molecule has 1 saturated heterocycles. The molecule has 1 atom stereocenters. The molecule has 0 bridgehead atoms. The fraction of sp³-hybridized carbons (Fsp3) is 0.688. The van der Waals surface area contributed by atoms with Crippen LogP contribution in [-0.2, 0) is 9.59 Å². The van der Waals surface area contributed by atoms with Crippen LogP contribution < -0.4 is 5.32 Å². The van der Waals surface area contributed by atoms with Gasteiger partial charge in [0, 0.05) is 18.7 Å². The minimum atomic E-state index is -0.171. The van der Waals surface area contributed by atoms with Crippen molar-refractivity contribution in [3.8, 4) is 0 Å². The molecule has 1 aliphatic rings. The summed E-state index contributed by atoms with van der Waals surface area (Å²) < 4.78 is 4.89. The van der Waals surface area contributed by atoms with Gasteiger partial charge in [0.15, 0.2) is 5.82 Å². The number of likely N-dealkylation sites (tertiary alicyclic amines) is 1. The van der Waals surface area contributed by atoms with E-state index in [1.54, 1.807) is 13.0 Å². The van der Waals surface area contributed by atoms with E-state index in [1.807, 2.05) is 4.90 Å². The number of nitrogens with one attached hydrogen (secondary N) is 1. The van der Waals surface area contributed by atoms with E-state index in [0.717, 1.165) is 19.4 Å². The number of carbonyl (C=O) groups is 2. The average Bonchev–Trinajstić information content (AvgIpc) is 2.92. The number of hydrogen-bond acceptors (Lipinski definition) is 5. The van der Waals surface area contributed by atoms with Crippen LogP contribution >= 0.6 is 11.8 Å². The summed E-state index contributed by atoms with van der Waals surface area (Å²) in [5.41, 5.74) is 0. The van der Waals surface area contributed by atoms with Crippen LogP contribution in [0.25, 0.3) is 0 Å². The fourth-order valence-electron chi connectivity index (χ4n) is 2.88. The Hall–Kier alpha value is -1.50. The lowest BCUT2D eigenvalue weighted by Crippen LogP contribution is -2.47. The van der Waals surface area contributed by atoms with Crippen molar-refractivity contribution < 1.29 is 14.1 Å². The van der Waals surface area contributed by atoms with Gasteiger partial charge in [-0.2, -0.15) is 0 Å². The first-order valence-electron chi connectivity index (χ1n) is 8.07. The second-order valence-electron chi connectivity index (χ2n) is 6.26. The Morgan fingerprint density at radius 2 is 2.22 bits per heavy atom. The summed E-state index contributed by atoms with van der Waals surface area (Å²) in [6.45, 7) is 6.93. The maximum absolute atomic E-state index is 12.4. The number of aryl methyl sites for hydroxylation is 1. The highest BCUT2D eigenvalue weighted by molar-refractivity contribution is 8.00. The molecular weight excluding hydrogens is 314 g/mol. The Morgan fingerprint density at radius 3 is 2.87 bits per heavy atom. The van der Waals surface area contributed by atoms with Crippen LogP contribution in [0.4, 0.5) is 5.82 Å². The van der Waals surface area contributed by atoms with E-state index >= 15 is 0 Å². The zero-order valence-corrected chi connectivity index (χ0v) is 14.8. The first-order valence-corrected chi connectivity index (χ1v) is 9.23. The number of anilines is 1. The van der Waals surface area contributed by atoms with Crippen molar-refractivity contribution in [1.82, 2.24) is 10.1 Å². The average molecular weight is 339 g/mol. The fourth-order valence-corrected chi connectivity index (χ4v) is 3.58. The minimum Gasteiger partial charge on any atom is -0.360 e. The Morgan fingerprint density at radius 1 is 1.43 bits per heavy atom. The summed E-state index contributed by atoms with van der Waals surface area (Å²) in [4.78, 5) is 26.2. The number of aromatic nitrogens is 1. The molecule has 2 rings (SSSR count). The molecule has 2 amide bonds. The first-order chi connectivity index (χ1) is 11.0. The summed E-state index contributed by atoms with van der Waals surface area (Å²) in [5, 5.41) is 6.36. The summed E-state index contributed by atoms with van der Waals surface area (Å²) in [6.07, 6.45) is 3.35. The van der Waals surface area contributed by atoms with E-state index in [4.69, 9.17) is 4.52 Å². The number of rotatable bonds is 6. The van der Waals surface area contributed by atoms with Gasteiger partial charge in [0.25, 0.3) is 0 Å². The van der Waals surface area contributed by atoms with E-state index in [1.165, 1.54) is 18.2 Å².